The van der Waals surface area contributed by atoms with E-state index in [1.54, 1.807) is 11.8 Å². The molecule has 1 heterocycles. The first kappa shape index (κ1) is 14.1. The lowest BCUT2D eigenvalue weighted by atomic mass is 9.81. The van der Waals surface area contributed by atoms with E-state index >= 15 is 0 Å². The molecule has 1 N–H and O–H groups in total. The number of hydrogen-bond donors (Lipinski definition) is 1. The van der Waals surface area contributed by atoms with Gasteiger partial charge in [-0.05, 0) is 43.7 Å². The lowest BCUT2D eigenvalue weighted by Gasteiger charge is -2.38. The zero-order valence-corrected chi connectivity index (χ0v) is 12.3. The predicted octanol–water partition coefficient (Wildman–Crippen LogP) is 2.11. The molecular formula is C17H21NO3. The molecule has 1 aliphatic heterocycles. The van der Waals surface area contributed by atoms with Gasteiger partial charge in [0.05, 0.1) is 5.41 Å². The van der Waals surface area contributed by atoms with Crippen LogP contribution in [0.25, 0.3) is 0 Å². The van der Waals surface area contributed by atoms with Gasteiger partial charge in [0.1, 0.15) is 0 Å². The number of likely N-dealkylation sites (tertiary alicyclic amines) is 1. The number of aliphatic carboxylic acids is 1. The fourth-order valence-corrected chi connectivity index (χ4v) is 3.59. The zero-order chi connectivity index (χ0) is 15.0. The van der Waals surface area contributed by atoms with E-state index in [0.29, 0.717) is 19.5 Å². The maximum atomic E-state index is 12.7. The van der Waals surface area contributed by atoms with E-state index < -0.39 is 11.4 Å². The van der Waals surface area contributed by atoms with Crippen LogP contribution in [0.1, 0.15) is 30.9 Å². The van der Waals surface area contributed by atoms with Crippen molar-refractivity contribution in [1.82, 2.24) is 4.90 Å². The summed E-state index contributed by atoms with van der Waals surface area (Å²) >= 11 is 0. The Hall–Kier alpha value is -1.84. The zero-order valence-electron chi connectivity index (χ0n) is 12.3. The molecule has 0 saturated carbocycles. The Balaban J connectivity index is 1.71. The third-order valence-electron chi connectivity index (χ3n) is 4.92. The first-order chi connectivity index (χ1) is 9.99. The van der Waals surface area contributed by atoms with Gasteiger partial charge in [0, 0.05) is 19.0 Å². The van der Waals surface area contributed by atoms with Crippen molar-refractivity contribution in [2.45, 2.75) is 32.6 Å². The Labute approximate surface area is 124 Å². The summed E-state index contributed by atoms with van der Waals surface area (Å²) in [5.74, 6) is -0.688. The van der Waals surface area contributed by atoms with Crippen molar-refractivity contribution in [1.29, 1.82) is 0 Å². The number of carboxylic acids is 1. The summed E-state index contributed by atoms with van der Waals surface area (Å²) in [6.07, 6.45) is 3.00. The van der Waals surface area contributed by atoms with Crippen molar-refractivity contribution in [2.24, 2.45) is 11.3 Å². The SMILES string of the molecule is CC1(C(=O)O)CCCN(C(=O)C2Cc3ccccc3C2)C1. The molecule has 1 amide bonds. The summed E-state index contributed by atoms with van der Waals surface area (Å²) in [6.45, 7) is 2.78. The largest absolute Gasteiger partial charge is 0.481 e. The fourth-order valence-electron chi connectivity index (χ4n) is 3.59. The van der Waals surface area contributed by atoms with E-state index in [1.165, 1.54) is 11.1 Å². The van der Waals surface area contributed by atoms with Gasteiger partial charge in [-0.2, -0.15) is 0 Å². The molecule has 1 saturated heterocycles. The van der Waals surface area contributed by atoms with Gasteiger partial charge in [0.25, 0.3) is 0 Å². The van der Waals surface area contributed by atoms with E-state index in [9.17, 15) is 14.7 Å². The van der Waals surface area contributed by atoms with E-state index in [1.807, 2.05) is 12.1 Å². The average molecular weight is 287 g/mol. The minimum Gasteiger partial charge on any atom is -0.481 e. The van der Waals surface area contributed by atoms with Crippen molar-refractivity contribution in [3.05, 3.63) is 35.4 Å². The second-order valence-corrected chi connectivity index (χ2v) is 6.60. The number of carbonyl (C=O) groups excluding carboxylic acids is 1. The van der Waals surface area contributed by atoms with Crippen molar-refractivity contribution in [2.75, 3.05) is 13.1 Å². The Morgan fingerprint density at radius 3 is 2.43 bits per heavy atom. The number of carboxylic acid groups (broad SMARTS) is 1. The van der Waals surface area contributed by atoms with Crippen LogP contribution in [0, 0.1) is 11.3 Å². The number of amides is 1. The fraction of sp³-hybridized carbons (Fsp3) is 0.529. The van der Waals surface area contributed by atoms with Gasteiger partial charge in [-0.25, -0.2) is 0 Å². The van der Waals surface area contributed by atoms with Crippen LogP contribution in [-0.4, -0.2) is 35.0 Å². The van der Waals surface area contributed by atoms with E-state index in [4.69, 9.17) is 0 Å². The molecule has 2 aliphatic rings. The second-order valence-electron chi connectivity index (χ2n) is 6.60. The maximum absolute atomic E-state index is 12.7. The molecule has 1 aromatic carbocycles. The Morgan fingerprint density at radius 1 is 1.24 bits per heavy atom. The summed E-state index contributed by atoms with van der Waals surface area (Å²) in [5, 5.41) is 9.37. The summed E-state index contributed by atoms with van der Waals surface area (Å²) in [7, 11) is 0. The number of benzene rings is 1. The second kappa shape index (κ2) is 5.17. The number of rotatable bonds is 2. The summed E-state index contributed by atoms with van der Waals surface area (Å²) in [5.41, 5.74) is 1.72. The number of hydrogen-bond acceptors (Lipinski definition) is 2. The predicted molar refractivity (Wildman–Crippen MR) is 78.9 cm³/mol. The van der Waals surface area contributed by atoms with Crippen LogP contribution in [-0.2, 0) is 22.4 Å². The molecular weight excluding hydrogens is 266 g/mol. The van der Waals surface area contributed by atoms with E-state index in [2.05, 4.69) is 12.1 Å². The molecule has 1 aromatic rings. The highest BCUT2D eigenvalue weighted by molar-refractivity contribution is 5.82. The topological polar surface area (TPSA) is 57.6 Å². The molecule has 4 heteroatoms. The van der Waals surface area contributed by atoms with E-state index in [-0.39, 0.29) is 11.8 Å². The van der Waals surface area contributed by atoms with Gasteiger partial charge in [-0.3, -0.25) is 9.59 Å². The summed E-state index contributed by atoms with van der Waals surface area (Å²) in [6, 6.07) is 8.18. The third kappa shape index (κ3) is 2.55. The highest BCUT2D eigenvalue weighted by atomic mass is 16.4. The molecule has 1 aliphatic carbocycles. The summed E-state index contributed by atoms with van der Waals surface area (Å²) < 4.78 is 0. The molecule has 1 atom stereocenters. The van der Waals surface area contributed by atoms with Crippen LogP contribution in [0.15, 0.2) is 24.3 Å². The van der Waals surface area contributed by atoms with Crippen LogP contribution in [0.5, 0.6) is 0 Å². The smallest absolute Gasteiger partial charge is 0.311 e. The van der Waals surface area contributed by atoms with Crippen LogP contribution < -0.4 is 0 Å². The molecule has 0 bridgehead atoms. The molecule has 4 nitrogen and oxygen atoms in total. The minimum absolute atomic E-state index is 0.0152. The third-order valence-corrected chi connectivity index (χ3v) is 4.92. The first-order valence-electron chi connectivity index (χ1n) is 7.58. The molecule has 0 aromatic heterocycles. The highest BCUT2D eigenvalue weighted by Gasteiger charge is 2.41. The Kier molecular flexibility index (Phi) is 3.47. The van der Waals surface area contributed by atoms with Gasteiger partial charge >= 0.3 is 5.97 Å². The highest BCUT2D eigenvalue weighted by Crippen LogP contribution is 2.33. The minimum atomic E-state index is -0.797. The average Bonchev–Trinajstić information content (AvgIpc) is 2.90. The molecule has 0 radical (unpaired) electrons. The summed E-state index contributed by atoms with van der Waals surface area (Å²) in [4.78, 5) is 25.9. The molecule has 0 spiro atoms. The van der Waals surface area contributed by atoms with Gasteiger partial charge in [-0.15, -0.1) is 0 Å². The Morgan fingerprint density at radius 2 is 1.86 bits per heavy atom. The maximum Gasteiger partial charge on any atom is 0.311 e. The number of carbonyl (C=O) groups is 2. The lowest BCUT2D eigenvalue weighted by Crippen LogP contribution is -2.50. The van der Waals surface area contributed by atoms with Crippen LogP contribution in [0.4, 0.5) is 0 Å². The van der Waals surface area contributed by atoms with Crippen LogP contribution in [0.2, 0.25) is 0 Å². The molecule has 3 rings (SSSR count). The number of fused-ring (bicyclic) bond motifs is 1. The number of piperidine rings is 1. The molecule has 112 valence electrons. The van der Waals surface area contributed by atoms with Crippen molar-refractivity contribution < 1.29 is 14.7 Å². The van der Waals surface area contributed by atoms with Crippen molar-refractivity contribution in [3.8, 4) is 0 Å². The van der Waals surface area contributed by atoms with E-state index in [0.717, 1.165) is 19.3 Å². The molecule has 1 unspecified atom stereocenters. The Bertz CT molecular complexity index is 558. The molecule has 1 fully saturated rings. The van der Waals surface area contributed by atoms with Crippen LogP contribution in [0.3, 0.4) is 0 Å². The van der Waals surface area contributed by atoms with Gasteiger partial charge in [0.15, 0.2) is 0 Å². The van der Waals surface area contributed by atoms with Crippen LogP contribution >= 0.6 is 0 Å². The first-order valence-corrected chi connectivity index (χ1v) is 7.58. The molecule has 21 heavy (non-hydrogen) atoms. The van der Waals surface area contributed by atoms with Crippen molar-refractivity contribution >= 4 is 11.9 Å². The lowest BCUT2D eigenvalue weighted by molar-refractivity contribution is -0.154. The van der Waals surface area contributed by atoms with Crippen molar-refractivity contribution in [3.63, 3.8) is 0 Å². The standard InChI is InChI=1S/C17H21NO3/c1-17(16(20)21)7-4-8-18(11-17)15(19)14-9-12-5-2-3-6-13(12)10-14/h2-3,5-6,14H,4,7-11H2,1H3,(H,20,21). The van der Waals surface area contributed by atoms with Gasteiger partial charge in [0.2, 0.25) is 5.91 Å². The van der Waals surface area contributed by atoms with Gasteiger partial charge < -0.3 is 10.0 Å². The monoisotopic (exact) mass is 287 g/mol. The normalized spacial score (nSPS) is 25.7. The van der Waals surface area contributed by atoms with Gasteiger partial charge in [-0.1, -0.05) is 24.3 Å². The quantitative estimate of drug-likeness (QED) is 0.906. The number of nitrogens with zero attached hydrogens (tertiary/aromatic N) is 1.